The molecule has 116 valence electrons. The molecule has 0 aromatic rings. The van der Waals surface area contributed by atoms with Gasteiger partial charge in [-0.2, -0.15) is 0 Å². The minimum absolute atomic E-state index is 0.318. The summed E-state index contributed by atoms with van der Waals surface area (Å²) in [5, 5.41) is 3.35. The van der Waals surface area contributed by atoms with Gasteiger partial charge in [-0.25, -0.2) is 0 Å². The first kappa shape index (κ1) is 17.0. The molecule has 1 N–H and O–H groups in total. The van der Waals surface area contributed by atoms with Crippen molar-refractivity contribution in [1.82, 2.24) is 10.2 Å². The van der Waals surface area contributed by atoms with Crippen molar-refractivity contribution in [2.45, 2.75) is 52.1 Å². The summed E-state index contributed by atoms with van der Waals surface area (Å²) >= 11 is 0. The summed E-state index contributed by atoms with van der Waals surface area (Å²) in [5.41, 5.74) is -0.318. The summed E-state index contributed by atoms with van der Waals surface area (Å²) in [7, 11) is 0. The van der Waals surface area contributed by atoms with Crippen molar-refractivity contribution in [3.63, 3.8) is 0 Å². The fraction of sp³-hybridized carbons (Fsp3) is 0.867. The Hall–Kier alpha value is -1.10. The molecular formula is C15H28N2O3. The molecule has 0 spiro atoms. The van der Waals surface area contributed by atoms with Gasteiger partial charge in [0.25, 0.3) is 6.47 Å². The normalized spacial score (nSPS) is 20.4. The highest BCUT2D eigenvalue weighted by molar-refractivity contribution is 5.78. The first-order chi connectivity index (χ1) is 9.42. The van der Waals surface area contributed by atoms with Crippen LogP contribution in [0, 0.1) is 5.92 Å². The summed E-state index contributed by atoms with van der Waals surface area (Å²) in [6.07, 6.45) is 4.34. The van der Waals surface area contributed by atoms with Crippen LogP contribution >= 0.6 is 0 Å². The lowest BCUT2D eigenvalue weighted by Crippen LogP contribution is -2.36. The first-order valence-corrected chi connectivity index (χ1v) is 7.52. The van der Waals surface area contributed by atoms with Gasteiger partial charge >= 0.3 is 0 Å². The molecule has 0 atom stereocenters. The third-order valence-electron chi connectivity index (χ3n) is 3.51. The van der Waals surface area contributed by atoms with Crippen LogP contribution in [0.3, 0.4) is 0 Å². The molecule has 0 unspecified atom stereocenters. The molecule has 5 heteroatoms. The van der Waals surface area contributed by atoms with E-state index in [-0.39, 0.29) is 5.60 Å². The zero-order valence-corrected chi connectivity index (χ0v) is 13.0. The predicted molar refractivity (Wildman–Crippen MR) is 78.3 cm³/mol. The molecule has 2 aliphatic heterocycles. The molecule has 1 amide bonds. The van der Waals surface area contributed by atoms with Gasteiger partial charge in [0.15, 0.2) is 0 Å². The van der Waals surface area contributed by atoms with Crippen LogP contribution < -0.4 is 5.32 Å². The van der Waals surface area contributed by atoms with Crippen LogP contribution in [0.2, 0.25) is 0 Å². The van der Waals surface area contributed by atoms with Gasteiger partial charge in [-0.1, -0.05) is 0 Å². The lowest BCUT2D eigenvalue weighted by molar-refractivity contribution is -0.138. The van der Waals surface area contributed by atoms with Gasteiger partial charge in [0.1, 0.15) is 5.60 Å². The molecule has 20 heavy (non-hydrogen) atoms. The molecule has 0 radical (unpaired) electrons. The smallest absolute Gasteiger partial charge is 0.293 e. The van der Waals surface area contributed by atoms with Crippen LogP contribution in [-0.4, -0.2) is 49.1 Å². The lowest BCUT2D eigenvalue weighted by atomic mass is 9.98. The van der Waals surface area contributed by atoms with Crippen LogP contribution in [0.5, 0.6) is 0 Å². The molecule has 0 aromatic heterocycles. The molecule has 0 aliphatic carbocycles. The zero-order chi connectivity index (χ0) is 15.0. The van der Waals surface area contributed by atoms with E-state index in [0.29, 0.717) is 12.4 Å². The number of hydrogen-bond acceptors (Lipinski definition) is 4. The van der Waals surface area contributed by atoms with Crippen molar-refractivity contribution in [3.05, 3.63) is 0 Å². The Labute approximate surface area is 122 Å². The summed E-state index contributed by atoms with van der Waals surface area (Å²) in [4.78, 5) is 23.0. The monoisotopic (exact) mass is 284 g/mol. The van der Waals surface area contributed by atoms with Gasteiger partial charge in [-0.3, -0.25) is 9.59 Å². The number of likely N-dealkylation sites (tertiary alicyclic amines) is 1. The molecular weight excluding hydrogens is 256 g/mol. The number of ether oxygens (including phenoxy) is 1. The number of rotatable bonds is 3. The average molecular weight is 284 g/mol. The number of hydrogen-bond donors (Lipinski definition) is 1. The van der Waals surface area contributed by atoms with Crippen LogP contribution in [-0.2, 0) is 14.3 Å². The highest BCUT2D eigenvalue weighted by Gasteiger charge is 2.24. The van der Waals surface area contributed by atoms with Crippen LogP contribution in [0.4, 0.5) is 0 Å². The van der Waals surface area contributed by atoms with Crippen molar-refractivity contribution >= 4 is 12.4 Å². The second kappa shape index (κ2) is 8.25. The molecule has 2 aliphatic rings. The largest absolute Gasteiger partial charge is 0.462 e. The fourth-order valence-electron chi connectivity index (χ4n) is 2.42. The van der Waals surface area contributed by atoms with E-state index in [1.165, 1.54) is 12.8 Å². The Morgan fingerprint density at radius 2 is 2.00 bits per heavy atom. The highest BCUT2D eigenvalue weighted by atomic mass is 16.5. The summed E-state index contributed by atoms with van der Waals surface area (Å²) in [5.74, 6) is 1.13. The van der Waals surface area contributed by atoms with E-state index < -0.39 is 0 Å². The van der Waals surface area contributed by atoms with Crippen LogP contribution in [0.1, 0.15) is 46.5 Å². The van der Waals surface area contributed by atoms with Crippen molar-refractivity contribution in [1.29, 1.82) is 0 Å². The molecule has 2 saturated heterocycles. The maximum atomic E-state index is 11.4. The van der Waals surface area contributed by atoms with Gasteiger partial charge in [0.05, 0.1) is 0 Å². The number of carbonyl (C=O) groups excluding carboxylic acids is 2. The van der Waals surface area contributed by atoms with Crippen molar-refractivity contribution in [2.24, 2.45) is 5.92 Å². The standard InChI is InChI=1S/C10H18N2O.C5H10O2/c13-10-2-1-7-12(10)8-9-3-5-11-6-4-9;1-5(2,3)7-4-6/h9,11H,1-8H2;4H,1-3H3. The van der Waals surface area contributed by atoms with Gasteiger partial charge in [0.2, 0.25) is 5.91 Å². The molecule has 0 aromatic carbocycles. The number of amides is 1. The van der Waals surface area contributed by atoms with Gasteiger partial charge < -0.3 is 15.0 Å². The Bertz CT molecular complexity index is 307. The fourth-order valence-corrected chi connectivity index (χ4v) is 2.42. The number of nitrogens with zero attached hydrogens (tertiary/aromatic N) is 1. The quantitative estimate of drug-likeness (QED) is 0.799. The summed E-state index contributed by atoms with van der Waals surface area (Å²) < 4.78 is 4.55. The predicted octanol–water partition coefficient (Wildman–Crippen LogP) is 1.57. The third kappa shape index (κ3) is 6.89. The zero-order valence-electron chi connectivity index (χ0n) is 13.0. The van der Waals surface area contributed by atoms with Crippen molar-refractivity contribution in [2.75, 3.05) is 26.2 Å². The molecule has 0 saturated carbocycles. The van der Waals surface area contributed by atoms with Gasteiger partial charge in [-0.05, 0) is 59.0 Å². The Morgan fingerprint density at radius 1 is 1.35 bits per heavy atom. The van der Waals surface area contributed by atoms with E-state index in [4.69, 9.17) is 0 Å². The molecule has 5 nitrogen and oxygen atoms in total. The second-order valence-electron chi connectivity index (χ2n) is 6.46. The Morgan fingerprint density at radius 3 is 2.40 bits per heavy atom. The minimum atomic E-state index is -0.318. The molecule has 0 bridgehead atoms. The molecule has 2 fully saturated rings. The van der Waals surface area contributed by atoms with Gasteiger partial charge in [0, 0.05) is 19.5 Å². The Balaban J connectivity index is 0.000000246. The molecule has 2 heterocycles. The second-order valence-corrected chi connectivity index (χ2v) is 6.46. The Kier molecular flexibility index (Phi) is 6.99. The topological polar surface area (TPSA) is 58.6 Å². The highest BCUT2D eigenvalue weighted by Crippen LogP contribution is 2.17. The van der Waals surface area contributed by atoms with Crippen LogP contribution in [0.15, 0.2) is 0 Å². The van der Waals surface area contributed by atoms with E-state index in [2.05, 4.69) is 15.0 Å². The third-order valence-corrected chi connectivity index (χ3v) is 3.51. The van der Waals surface area contributed by atoms with Gasteiger partial charge in [-0.15, -0.1) is 0 Å². The van der Waals surface area contributed by atoms with E-state index in [1.807, 2.05) is 20.8 Å². The first-order valence-electron chi connectivity index (χ1n) is 7.52. The van der Waals surface area contributed by atoms with E-state index >= 15 is 0 Å². The average Bonchev–Trinajstić information content (AvgIpc) is 2.76. The SMILES string of the molecule is CC(C)(C)OC=O.O=C1CCCN1CC1CCNCC1. The maximum Gasteiger partial charge on any atom is 0.293 e. The number of piperidine rings is 1. The van der Waals surface area contributed by atoms with E-state index in [0.717, 1.165) is 44.9 Å². The summed E-state index contributed by atoms with van der Waals surface area (Å²) in [6.45, 7) is 10.2. The number of carbonyl (C=O) groups is 2. The van der Waals surface area contributed by atoms with Crippen molar-refractivity contribution < 1.29 is 14.3 Å². The van der Waals surface area contributed by atoms with E-state index in [9.17, 15) is 9.59 Å². The maximum absolute atomic E-state index is 11.4. The van der Waals surface area contributed by atoms with Crippen LogP contribution in [0.25, 0.3) is 0 Å². The van der Waals surface area contributed by atoms with E-state index in [1.54, 1.807) is 0 Å². The summed E-state index contributed by atoms with van der Waals surface area (Å²) in [6, 6.07) is 0. The minimum Gasteiger partial charge on any atom is -0.462 e. The molecule has 2 rings (SSSR count). The number of nitrogens with one attached hydrogen (secondary N) is 1. The van der Waals surface area contributed by atoms with Crippen molar-refractivity contribution in [3.8, 4) is 0 Å². The lowest BCUT2D eigenvalue weighted by Gasteiger charge is -2.27.